The Morgan fingerprint density at radius 2 is 1.23 bits per heavy atom. The Hall–Kier alpha value is -3.71. The summed E-state index contributed by atoms with van der Waals surface area (Å²) in [5.41, 5.74) is 13.3. The zero-order valence-corrected chi connectivity index (χ0v) is 17.6. The lowest BCUT2D eigenvalue weighted by molar-refractivity contribution is 0.645. The lowest BCUT2D eigenvalue weighted by Crippen LogP contribution is -2.23. The third-order valence-corrected chi connectivity index (χ3v) is 7.32. The van der Waals surface area contributed by atoms with Crippen LogP contribution in [0.15, 0.2) is 91.3 Å². The quantitative estimate of drug-likeness (QED) is 0.276. The molecule has 0 radical (unpaired) electrons. The molecular weight excluding hydrogens is 374 g/mol. The summed E-state index contributed by atoms with van der Waals surface area (Å²) in [5, 5.41) is 2.85. The van der Waals surface area contributed by atoms with Gasteiger partial charge in [0.15, 0.2) is 0 Å². The molecule has 146 valence electrons. The number of fused-ring (bicyclic) bond motifs is 5. The zero-order valence-electron chi connectivity index (χ0n) is 17.6. The van der Waals surface area contributed by atoms with Crippen LogP contribution in [0.25, 0.3) is 55.3 Å². The molecular formula is C30H21N. The van der Waals surface area contributed by atoms with Gasteiger partial charge in [0.1, 0.15) is 0 Å². The Morgan fingerprint density at radius 3 is 1.94 bits per heavy atom. The summed E-state index contributed by atoms with van der Waals surface area (Å²) in [4.78, 5) is 4.32. The van der Waals surface area contributed by atoms with Crippen LogP contribution < -0.4 is 0 Å². The van der Waals surface area contributed by atoms with E-state index in [4.69, 9.17) is 0 Å². The van der Waals surface area contributed by atoms with Gasteiger partial charge >= 0.3 is 0 Å². The van der Waals surface area contributed by atoms with E-state index in [1.165, 1.54) is 60.8 Å². The molecule has 7 rings (SSSR count). The molecule has 1 aromatic heterocycles. The van der Waals surface area contributed by atoms with Crippen LogP contribution in [0, 0.1) is 0 Å². The minimum Gasteiger partial charge on any atom is -0.264 e. The number of nitrogens with zero attached hydrogens (tertiary/aromatic N) is 1. The molecule has 0 amide bonds. The molecule has 5 aromatic rings. The van der Waals surface area contributed by atoms with E-state index >= 15 is 0 Å². The van der Waals surface area contributed by atoms with E-state index in [0.717, 1.165) is 5.56 Å². The fourth-order valence-electron chi connectivity index (χ4n) is 5.80. The fourth-order valence-corrected chi connectivity index (χ4v) is 5.80. The van der Waals surface area contributed by atoms with Crippen LogP contribution in [0.1, 0.15) is 25.0 Å². The summed E-state index contributed by atoms with van der Waals surface area (Å²) < 4.78 is 0. The molecule has 1 heteroatoms. The minimum atomic E-state index is -0.0769. The third-order valence-electron chi connectivity index (χ3n) is 7.32. The maximum Gasteiger partial charge on any atom is 0.0346 e. The van der Waals surface area contributed by atoms with Crippen LogP contribution in [0.4, 0.5) is 0 Å². The topological polar surface area (TPSA) is 12.9 Å². The predicted octanol–water partition coefficient (Wildman–Crippen LogP) is 7.86. The number of hydrogen-bond donors (Lipinski definition) is 0. The first-order valence-electron chi connectivity index (χ1n) is 10.9. The van der Waals surface area contributed by atoms with Crippen molar-refractivity contribution >= 4 is 10.8 Å². The highest BCUT2D eigenvalue weighted by molar-refractivity contribution is 6.20. The molecule has 0 saturated carbocycles. The lowest BCUT2D eigenvalue weighted by atomic mass is 9.67. The van der Waals surface area contributed by atoms with Gasteiger partial charge in [0.25, 0.3) is 0 Å². The second-order valence-corrected chi connectivity index (χ2v) is 9.24. The number of benzene rings is 4. The van der Waals surface area contributed by atoms with E-state index < -0.39 is 0 Å². The average molecular weight is 396 g/mol. The highest BCUT2D eigenvalue weighted by atomic mass is 14.6. The third kappa shape index (κ3) is 2.08. The van der Waals surface area contributed by atoms with Gasteiger partial charge in [0, 0.05) is 17.8 Å². The van der Waals surface area contributed by atoms with Gasteiger partial charge in [0.2, 0.25) is 0 Å². The monoisotopic (exact) mass is 395 g/mol. The van der Waals surface area contributed by atoms with Crippen molar-refractivity contribution in [3.63, 3.8) is 0 Å². The lowest BCUT2D eigenvalue weighted by Gasteiger charge is -2.36. The van der Waals surface area contributed by atoms with Crippen LogP contribution in [0.3, 0.4) is 0 Å². The van der Waals surface area contributed by atoms with Gasteiger partial charge in [-0.15, -0.1) is 0 Å². The first-order valence-corrected chi connectivity index (χ1v) is 10.9. The van der Waals surface area contributed by atoms with Crippen LogP contribution in [0.2, 0.25) is 0 Å². The molecule has 0 N–H and O–H groups in total. The SMILES string of the molecule is CC1(C)c2cc(-c3cccnc3)ccc2-c2ccc3c4c(ccc1c24)-c1ccccc1-3. The molecule has 0 bridgehead atoms. The van der Waals surface area contributed by atoms with Crippen LogP contribution in [-0.4, -0.2) is 4.98 Å². The Labute approximate surface area is 182 Å². The van der Waals surface area contributed by atoms with Crippen LogP contribution in [-0.2, 0) is 5.41 Å². The Balaban J connectivity index is 1.57. The molecule has 0 spiro atoms. The second-order valence-electron chi connectivity index (χ2n) is 9.24. The van der Waals surface area contributed by atoms with Crippen molar-refractivity contribution in [1.29, 1.82) is 0 Å². The molecule has 1 nitrogen and oxygen atoms in total. The number of pyridine rings is 1. The molecule has 1 heterocycles. The molecule has 0 unspecified atom stereocenters. The normalized spacial score (nSPS) is 14.4. The first-order chi connectivity index (χ1) is 15.1. The molecule has 0 aliphatic heterocycles. The van der Waals surface area contributed by atoms with E-state index in [1.807, 2.05) is 18.5 Å². The largest absolute Gasteiger partial charge is 0.264 e. The molecule has 2 aliphatic carbocycles. The molecule has 0 saturated heterocycles. The summed E-state index contributed by atoms with van der Waals surface area (Å²) in [6, 6.07) is 29.3. The van der Waals surface area contributed by atoms with E-state index in [-0.39, 0.29) is 5.41 Å². The van der Waals surface area contributed by atoms with E-state index in [2.05, 4.69) is 91.6 Å². The predicted molar refractivity (Wildman–Crippen MR) is 129 cm³/mol. The number of rotatable bonds is 1. The Bertz CT molecular complexity index is 1510. The Morgan fingerprint density at radius 1 is 0.548 bits per heavy atom. The van der Waals surface area contributed by atoms with Crippen molar-refractivity contribution < 1.29 is 0 Å². The molecule has 2 aliphatic rings. The molecule has 0 fully saturated rings. The smallest absolute Gasteiger partial charge is 0.0346 e. The molecule has 4 aromatic carbocycles. The summed E-state index contributed by atoms with van der Waals surface area (Å²) >= 11 is 0. The van der Waals surface area contributed by atoms with Gasteiger partial charge in [0.05, 0.1) is 0 Å². The van der Waals surface area contributed by atoms with Gasteiger partial charge in [-0.05, 0) is 78.5 Å². The maximum atomic E-state index is 4.32. The second kappa shape index (κ2) is 5.70. The Kier molecular flexibility index (Phi) is 3.13. The highest BCUT2D eigenvalue weighted by Gasteiger charge is 2.36. The van der Waals surface area contributed by atoms with Crippen LogP contribution >= 0.6 is 0 Å². The standard InChI is InChI=1S/C30H21N/c1-30(2)26-14-13-24-21-8-4-3-7-20(21)23-11-12-25(29(26)28(23)24)22-10-9-18(16-27(22)30)19-6-5-15-31-17-19/h3-17H,1-2H3. The van der Waals surface area contributed by atoms with Gasteiger partial charge < -0.3 is 0 Å². The minimum absolute atomic E-state index is 0.0769. The maximum absolute atomic E-state index is 4.32. The average Bonchev–Trinajstić information content (AvgIpc) is 3.15. The van der Waals surface area contributed by atoms with Crippen molar-refractivity contribution in [3.8, 4) is 44.5 Å². The van der Waals surface area contributed by atoms with Crippen molar-refractivity contribution in [1.82, 2.24) is 4.98 Å². The first kappa shape index (κ1) is 17.0. The van der Waals surface area contributed by atoms with E-state index in [9.17, 15) is 0 Å². The fraction of sp³-hybridized carbons (Fsp3) is 0.100. The van der Waals surface area contributed by atoms with Gasteiger partial charge in [-0.3, -0.25) is 4.98 Å². The summed E-state index contributed by atoms with van der Waals surface area (Å²) in [6.07, 6.45) is 3.78. The van der Waals surface area contributed by atoms with Crippen molar-refractivity contribution in [2.24, 2.45) is 0 Å². The van der Waals surface area contributed by atoms with Crippen molar-refractivity contribution in [2.75, 3.05) is 0 Å². The van der Waals surface area contributed by atoms with Gasteiger partial charge in [-0.1, -0.05) is 80.6 Å². The molecule has 0 atom stereocenters. The van der Waals surface area contributed by atoms with E-state index in [1.54, 1.807) is 0 Å². The van der Waals surface area contributed by atoms with E-state index in [0.29, 0.717) is 0 Å². The van der Waals surface area contributed by atoms with Gasteiger partial charge in [-0.25, -0.2) is 0 Å². The zero-order chi connectivity index (χ0) is 20.7. The van der Waals surface area contributed by atoms with Crippen molar-refractivity contribution in [3.05, 3.63) is 102 Å². The number of aromatic nitrogens is 1. The number of hydrogen-bond acceptors (Lipinski definition) is 1. The summed E-state index contributed by atoms with van der Waals surface area (Å²) in [6.45, 7) is 4.74. The molecule has 31 heavy (non-hydrogen) atoms. The van der Waals surface area contributed by atoms with Crippen LogP contribution in [0.5, 0.6) is 0 Å². The van der Waals surface area contributed by atoms with Gasteiger partial charge in [-0.2, -0.15) is 0 Å². The highest BCUT2D eigenvalue weighted by Crippen LogP contribution is 2.56. The van der Waals surface area contributed by atoms with Crippen molar-refractivity contribution in [2.45, 2.75) is 19.3 Å². The summed E-state index contributed by atoms with van der Waals surface area (Å²) in [7, 11) is 0. The summed E-state index contributed by atoms with van der Waals surface area (Å²) in [5.74, 6) is 0.